The van der Waals surface area contributed by atoms with Gasteiger partial charge in [0.25, 0.3) is 11.5 Å². The number of aromatic amines is 1. The number of benzene rings is 1. The highest BCUT2D eigenvalue weighted by Gasteiger charge is 2.12. The number of ether oxygens (including phenoxy) is 1. The van der Waals surface area contributed by atoms with Crippen LogP contribution in [0.4, 0.5) is 0 Å². The monoisotopic (exact) mass is 316 g/mol. The molecule has 23 heavy (non-hydrogen) atoms. The van der Waals surface area contributed by atoms with E-state index >= 15 is 0 Å². The van der Waals surface area contributed by atoms with Gasteiger partial charge < -0.3 is 15.0 Å². The van der Waals surface area contributed by atoms with Crippen molar-refractivity contribution in [1.82, 2.24) is 10.3 Å². The molecule has 1 aromatic carbocycles. The second kappa shape index (κ2) is 8.12. The second-order valence-corrected chi connectivity index (χ2v) is 5.23. The van der Waals surface area contributed by atoms with Crippen LogP contribution in [0, 0.1) is 0 Å². The fourth-order valence-corrected chi connectivity index (χ4v) is 2.18. The van der Waals surface area contributed by atoms with Crippen molar-refractivity contribution >= 4 is 22.6 Å². The van der Waals surface area contributed by atoms with Crippen molar-refractivity contribution in [1.29, 1.82) is 0 Å². The van der Waals surface area contributed by atoms with Gasteiger partial charge in [-0.05, 0) is 23.9 Å². The van der Waals surface area contributed by atoms with Crippen molar-refractivity contribution in [3.05, 3.63) is 46.4 Å². The van der Waals surface area contributed by atoms with Crippen LogP contribution >= 0.6 is 0 Å². The Morgan fingerprint density at radius 2 is 2.00 bits per heavy atom. The maximum atomic E-state index is 11.9. The number of pyridine rings is 1. The van der Waals surface area contributed by atoms with E-state index in [1.807, 2.05) is 0 Å². The average Bonchev–Trinajstić information content (AvgIpc) is 2.56. The predicted octanol–water partition coefficient (Wildman–Crippen LogP) is 1.99. The van der Waals surface area contributed by atoms with E-state index < -0.39 is 5.97 Å². The Morgan fingerprint density at radius 3 is 2.78 bits per heavy atom. The van der Waals surface area contributed by atoms with Gasteiger partial charge >= 0.3 is 5.97 Å². The van der Waals surface area contributed by atoms with Crippen LogP contribution in [0.2, 0.25) is 0 Å². The van der Waals surface area contributed by atoms with Crippen LogP contribution < -0.4 is 10.9 Å². The lowest BCUT2D eigenvalue weighted by molar-refractivity contribution is -0.124. The number of hydrogen-bond donors (Lipinski definition) is 2. The van der Waals surface area contributed by atoms with E-state index in [4.69, 9.17) is 4.74 Å². The first-order chi connectivity index (χ1) is 11.1. The summed E-state index contributed by atoms with van der Waals surface area (Å²) in [6.45, 7) is 2.28. The zero-order valence-corrected chi connectivity index (χ0v) is 13.1. The third kappa shape index (κ3) is 4.67. The second-order valence-electron chi connectivity index (χ2n) is 5.23. The fraction of sp³-hybridized carbons (Fsp3) is 0.353. The van der Waals surface area contributed by atoms with E-state index in [1.54, 1.807) is 24.3 Å². The summed E-state index contributed by atoms with van der Waals surface area (Å²) in [6, 6.07) is 8.48. The van der Waals surface area contributed by atoms with Gasteiger partial charge in [-0.1, -0.05) is 38.0 Å². The molecule has 6 nitrogen and oxygen atoms in total. The van der Waals surface area contributed by atoms with Crippen LogP contribution in [0.3, 0.4) is 0 Å². The molecule has 0 fully saturated rings. The minimum atomic E-state index is -0.725. The van der Waals surface area contributed by atoms with Gasteiger partial charge in [-0.15, -0.1) is 0 Å². The number of carbonyl (C=O) groups is 2. The summed E-state index contributed by atoms with van der Waals surface area (Å²) in [5, 5.41) is 3.82. The molecule has 2 N–H and O–H groups in total. The molecule has 122 valence electrons. The number of unbranched alkanes of at least 4 members (excludes halogenated alkanes) is 2. The van der Waals surface area contributed by atoms with E-state index in [2.05, 4.69) is 17.2 Å². The summed E-state index contributed by atoms with van der Waals surface area (Å²) in [7, 11) is 0. The van der Waals surface area contributed by atoms with Crippen LogP contribution in [0.25, 0.3) is 10.8 Å². The summed E-state index contributed by atoms with van der Waals surface area (Å²) >= 11 is 0. The fourth-order valence-electron chi connectivity index (χ4n) is 2.18. The third-order valence-electron chi connectivity index (χ3n) is 3.41. The molecule has 1 amide bonds. The Balaban J connectivity index is 1.93. The molecule has 1 heterocycles. The number of nitrogens with one attached hydrogen (secondary N) is 2. The Hall–Kier alpha value is -2.63. The topological polar surface area (TPSA) is 88.3 Å². The number of carbonyl (C=O) groups excluding carboxylic acids is 2. The molecule has 0 saturated carbocycles. The molecule has 0 aliphatic carbocycles. The van der Waals surface area contributed by atoms with Crippen LogP contribution in [-0.4, -0.2) is 30.0 Å². The Morgan fingerprint density at radius 1 is 1.22 bits per heavy atom. The molecule has 0 aliphatic rings. The molecule has 2 aromatic rings. The Bertz CT molecular complexity index is 752. The molecule has 2 rings (SSSR count). The Labute approximate surface area is 133 Å². The van der Waals surface area contributed by atoms with Crippen LogP contribution in [0.1, 0.15) is 36.7 Å². The molecule has 0 bridgehead atoms. The van der Waals surface area contributed by atoms with E-state index in [9.17, 15) is 14.4 Å². The zero-order chi connectivity index (χ0) is 16.7. The van der Waals surface area contributed by atoms with Gasteiger partial charge in [0.05, 0.1) is 0 Å². The zero-order valence-electron chi connectivity index (χ0n) is 13.1. The maximum Gasteiger partial charge on any atom is 0.355 e. The largest absolute Gasteiger partial charge is 0.451 e. The molecule has 0 spiro atoms. The smallest absolute Gasteiger partial charge is 0.355 e. The van der Waals surface area contributed by atoms with Crippen LogP contribution in [-0.2, 0) is 9.53 Å². The molecule has 0 atom stereocenters. The normalized spacial score (nSPS) is 10.5. The number of rotatable bonds is 7. The summed E-state index contributed by atoms with van der Waals surface area (Å²) < 4.78 is 4.93. The maximum absolute atomic E-state index is 11.9. The van der Waals surface area contributed by atoms with Crippen LogP contribution in [0.5, 0.6) is 0 Å². The van der Waals surface area contributed by atoms with E-state index in [0.29, 0.717) is 17.3 Å². The molecule has 0 saturated heterocycles. The van der Waals surface area contributed by atoms with Gasteiger partial charge in [-0.2, -0.15) is 0 Å². The molecular weight excluding hydrogens is 296 g/mol. The molecule has 0 unspecified atom stereocenters. The first-order valence-corrected chi connectivity index (χ1v) is 7.67. The number of esters is 1. The first-order valence-electron chi connectivity index (χ1n) is 7.67. The van der Waals surface area contributed by atoms with E-state index in [1.165, 1.54) is 6.07 Å². The lowest BCUT2D eigenvalue weighted by atomic mass is 10.1. The number of fused-ring (bicyclic) bond motifs is 1. The van der Waals surface area contributed by atoms with Gasteiger partial charge in [0.15, 0.2) is 6.61 Å². The summed E-state index contributed by atoms with van der Waals surface area (Å²) in [6.07, 6.45) is 3.01. The summed E-state index contributed by atoms with van der Waals surface area (Å²) in [5.74, 6) is -1.07. The van der Waals surface area contributed by atoms with Crippen molar-refractivity contribution < 1.29 is 14.3 Å². The molecule has 0 aliphatic heterocycles. The standard InChI is InChI=1S/C17H20N2O4/c1-2-3-6-9-18-15(20)11-23-17(22)14-10-12-7-4-5-8-13(12)16(21)19-14/h4-5,7-8,10H,2-3,6,9,11H2,1H3,(H,18,20)(H,19,21). The highest BCUT2D eigenvalue weighted by atomic mass is 16.5. The number of amides is 1. The predicted molar refractivity (Wildman–Crippen MR) is 87.4 cm³/mol. The highest BCUT2D eigenvalue weighted by Crippen LogP contribution is 2.10. The van der Waals surface area contributed by atoms with Gasteiger partial charge in [0.2, 0.25) is 0 Å². The lowest BCUT2D eigenvalue weighted by Gasteiger charge is -2.07. The molecule has 6 heteroatoms. The van der Waals surface area contributed by atoms with Gasteiger partial charge in [0.1, 0.15) is 5.69 Å². The van der Waals surface area contributed by atoms with Crippen molar-refractivity contribution in [2.75, 3.05) is 13.2 Å². The number of H-pyrrole nitrogens is 1. The quantitative estimate of drug-likeness (QED) is 0.604. The Kier molecular flexibility index (Phi) is 5.91. The molecule has 0 radical (unpaired) electrons. The van der Waals surface area contributed by atoms with E-state index in [0.717, 1.165) is 19.3 Å². The lowest BCUT2D eigenvalue weighted by Crippen LogP contribution is -2.30. The summed E-state index contributed by atoms with van der Waals surface area (Å²) in [4.78, 5) is 37.9. The number of hydrogen-bond acceptors (Lipinski definition) is 4. The van der Waals surface area contributed by atoms with Crippen molar-refractivity contribution in [2.24, 2.45) is 0 Å². The third-order valence-corrected chi connectivity index (χ3v) is 3.41. The van der Waals surface area contributed by atoms with Gasteiger partial charge in [-0.25, -0.2) is 4.79 Å². The first kappa shape index (κ1) is 16.7. The minimum Gasteiger partial charge on any atom is -0.451 e. The van der Waals surface area contributed by atoms with Crippen LogP contribution in [0.15, 0.2) is 35.1 Å². The van der Waals surface area contributed by atoms with Gasteiger partial charge in [0, 0.05) is 11.9 Å². The van der Waals surface area contributed by atoms with Crippen molar-refractivity contribution in [3.8, 4) is 0 Å². The average molecular weight is 316 g/mol. The van der Waals surface area contributed by atoms with Crippen molar-refractivity contribution in [2.45, 2.75) is 26.2 Å². The molecular formula is C17H20N2O4. The SMILES string of the molecule is CCCCCNC(=O)COC(=O)c1cc2ccccc2c(=O)[nH]1. The highest BCUT2D eigenvalue weighted by molar-refractivity contribution is 5.94. The summed E-state index contributed by atoms with van der Waals surface area (Å²) in [5.41, 5.74) is -0.327. The minimum absolute atomic E-state index is 0.0347. The number of aromatic nitrogens is 1. The molecule has 1 aromatic heterocycles. The van der Waals surface area contributed by atoms with Gasteiger partial charge in [-0.3, -0.25) is 9.59 Å². The van der Waals surface area contributed by atoms with Crippen molar-refractivity contribution in [3.63, 3.8) is 0 Å². The van der Waals surface area contributed by atoms with E-state index in [-0.39, 0.29) is 23.8 Å².